The van der Waals surface area contributed by atoms with Gasteiger partial charge in [-0.1, -0.05) is 6.07 Å². The normalized spacial score (nSPS) is 16.9. The number of para-hydroxylation sites is 1. The quantitative estimate of drug-likeness (QED) is 0.187. The zero-order valence-electron chi connectivity index (χ0n) is 18.3. The van der Waals surface area contributed by atoms with Crippen LogP contribution in [0.4, 0.5) is 5.69 Å². The molecule has 0 saturated carbocycles. The first-order valence-corrected chi connectivity index (χ1v) is 12.6. The number of allylic oxidation sites excluding steroid dienone is 2. The van der Waals surface area contributed by atoms with E-state index in [1.165, 1.54) is 12.1 Å². The van der Waals surface area contributed by atoms with Crippen molar-refractivity contribution in [2.45, 2.75) is 21.1 Å². The Bertz CT molecular complexity index is 1630. The molecule has 35 heavy (non-hydrogen) atoms. The smallest absolute Gasteiger partial charge is 0.744 e. The molecular weight excluding hydrogens is 608 g/mol. The standard InChI is InChI=1S/C17H11NO11S3.3K/c19-16-10-4-7(30(21,22)23)5-13(32(27,28)29)9(10)6-11(16)15-17(20)8-2-1-3-12(14(8)18-15)31(24,25)26;;;/h1-5,18H,6H2,(H,21,22,23)(H,24,25,26)(H,27,28,29);;;/q;3*+1/p-2/b15-11-;;;. The molecule has 18 heteroatoms. The van der Waals surface area contributed by atoms with Crippen LogP contribution < -0.4 is 159 Å². The van der Waals surface area contributed by atoms with Crippen molar-refractivity contribution in [3.8, 4) is 0 Å². The summed E-state index contributed by atoms with van der Waals surface area (Å²) < 4.78 is 102. The van der Waals surface area contributed by atoms with Crippen molar-refractivity contribution in [1.82, 2.24) is 0 Å². The van der Waals surface area contributed by atoms with Crippen LogP contribution in [0.3, 0.4) is 0 Å². The minimum Gasteiger partial charge on any atom is -0.744 e. The van der Waals surface area contributed by atoms with Gasteiger partial charge in [-0.3, -0.25) is 14.1 Å². The molecule has 0 fully saturated rings. The average Bonchev–Trinajstić information content (AvgIpc) is 3.16. The van der Waals surface area contributed by atoms with Gasteiger partial charge in [0.25, 0.3) is 10.1 Å². The predicted octanol–water partition coefficient (Wildman–Crippen LogP) is -8.95. The minimum atomic E-state index is -5.32. The molecule has 1 aliphatic carbocycles. The van der Waals surface area contributed by atoms with Crippen LogP contribution >= 0.6 is 0 Å². The van der Waals surface area contributed by atoms with E-state index in [2.05, 4.69) is 5.32 Å². The first-order valence-electron chi connectivity index (χ1n) is 8.39. The van der Waals surface area contributed by atoms with E-state index in [4.69, 9.17) is 0 Å². The molecule has 2 aromatic rings. The first-order chi connectivity index (χ1) is 14.6. The summed E-state index contributed by atoms with van der Waals surface area (Å²) in [4.78, 5) is 22.8. The maximum absolute atomic E-state index is 12.9. The van der Waals surface area contributed by atoms with Crippen molar-refractivity contribution in [3.05, 3.63) is 58.3 Å². The second kappa shape index (κ2) is 12.2. The average molecular weight is 617 g/mol. The van der Waals surface area contributed by atoms with Gasteiger partial charge in [0.15, 0.2) is 5.78 Å². The number of anilines is 1. The van der Waals surface area contributed by atoms with Crippen molar-refractivity contribution in [2.24, 2.45) is 0 Å². The van der Waals surface area contributed by atoms with Crippen LogP contribution in [0.1, 0.15) is 26.3 Å². The van der Waals surface area contributed by atoms with E-state index in [0.29, 0.717) is 12.1 Å². The third-order valence-electron chi connectivity index (χ3n) is 4.94. The third-order valence-corrected chi connectivity index (χ3v) is 7.55. The second-order valence-corrected chi connectivity index (χ2v) is 10.9. The number of carbonyl (C=O) groups is 2. The summed E-state index contributed by atoms with van der Waals surface area (Å²) in [5.41, 5.74) is -2.32. The summed E-state index contributed by atoms with van der Waals surface area (Å²) in [5, 5.41) is 2.43. The van der Waals surface area contributed by atoms with E-state index in [1.54, 1.807) is 0 Å². The molecule has 0 atom stereocenters. The summed E-state index contributed by atoms with van der Waals surface area (Å²) >= 11 is 0. The van der Waals surface area contributed by atoms with E-state index < -0.39 is 79.9 Å². The molecule has 4 rings (SSSR count). The topological polar surface area (TPSA) is 215 Å². The van der Waals surface area contributed by atoms with E-state index in [9.17, 15) is 48.5 Å². The summed E-state index contributed by atoms with van der Waals surface area (Å²) in [6, 6.07) is 4.35. The van der Waals surface area contributed by atoms with Gasteiger partial charge in [0.05, 0.1) is 21.2 Å². The maximum Gasteiger partial charge on any atom is 1.00 e. The number of hydrogen-bond donors (Lipinski definition) is 2. The molecule has 0 unspecified atom stereocenters. The van der Waals surface area contributed by atoms with Gasteiger partial charge >= 0.3 is 154 Å². The fourth-order valence-electron chi connectivity index (χ4n) is 3.59. The number of rotatable bonds is 3. The van der Waals surface area contributed by atoms with Gasteiger partial charge in [-0.25, -0.2) is 16.8 Å². The fraction of sp³-hybridized carbons (Fsp3) is 0.0588. The number of Topliss-reactive ketones (excluding diaryl/α,β-unsaturated/α-hetero) is 2. The molecule has 1 heterocycles. The third kappa shape index (κ3) is 6.82. The predicted molar refractivity (Wildman–Crippen MR) is 102 cm³/mol. The van der Waals surface area contributed by atoms with Crippen molar-refractivity contribution in [3.63, 3.8) is 0 Å². The van der Waals surface area contributed by atoms with Gasteiger partial charge in [-0.05, 0) is 29.8 Å². The molecule has 0 saturated heterocycles. The number of carbonyl (C=O) groups excluding carboxylic acids is 2. The molecule has 0 radical (unpaired) electrons. The minimum absolute atomic E-state index is 0. The zero-order chi connectivity index (χ0) is 23.8. The molecule has 0 bridgehead atoms. The van der Waals surface area contributed by atoms with Crippen LogP contribution in [0.2, 0.25) is 0 Å². The first kappa shape index (κ1) is 35.0. The molecule has 168 valence electrons. The number of ketones is 2. The van der Waals surface area contributed by atoms with Crippen molar-refractivity contribution in [1.29, 1.82) is 0 Å². The zero-order valence-corrected chi connectivity index (χ0v) is 30.2. The summed E-state index contributed by atoms with van der Waals surface area (Å²) in [6.07, 6.45) is -0.590. The van der Waals surface area contributed by atoms with E-state index in [1.807, 2.05) is 0 Å². The molecule has 12 nitrogen and oxygen atoms in total. The molecule has 0 spiro atoms. The fourth-order valence-corrected chi connectivity index (χ4v) is 5.61. The van der Waals surface area contributed by atoms with Crippen LogP contribution in [0.5, 0.6) is 0 Å². The van der Waals surface area contributed by atoms with E-state index in [0.717, 1.165) is 6.07 Å². The van der Waals surface area contributed by atoms with Gasteiger partial charge in [-0.2, -0.15) is 8.42 Å². The van der Waals surface area contributed by atoms with Crippen LogP contribution in [0.15, 0.2) is 56.3 Å². The number of hydrogen-bond acceptors (Lipinski definition) is 11. The van der Waals surface area contributed by atoms with Gasteiger partial charge < -0.3 is 14.4 Å². The Kier molecular flexibility index (Phi) is 12.2. The molecule has 2 N–H and O–H groups in total. The number of nitrogens with one attached hydrogen (secondary N) is 1. The molecule has 0 aromatic heterocycles. The monoisotopic (exact) mass is 616 g/mol. The van der Waals surface area contributed by atoms with Crippen LogP contribution in [0, 0.1) is 0 Å². The SMILES string of the molecule is O=C1/C(=C2\Nc3c(cccc3S(=O)(=O)O)C2=O)Cc2c1cc(S(=O)(=O)[O-])cc2S(=O)(=O)[O-].[K+].[K+].[K+]. The Hall–Kier alpha value is 1.96. The Labute approximate surface area is 327 Å². The molecule has 2 aromatic carbocycles. The van der Waals surface area contributed by atoms with Gasteiger partial charge in [-0.15, -0.1) is 0 Å². The van der Waals surface area contributed by atoms with Crippen LogP contribution in [-0.2, 0) is 36.8 Å². The summed E-state index contributed by atoms with van der Waals surface area (Å²) in [6.45, 7) is 0. The van der Waals surface area contributed by atoms with Crippen molar-refractivity contribution >= 4 is 47.6 Å². The Morgan fingerprint density at radius 2 is 1.40 bits per heavy atom. The maximum atomic E-state index is 12.9. The van der Waals surface area contributed by atoms with Gasteiger partial charge in [0.2, 0.25) is 5.78 Å². The van der Waals surface area contributed by atoms with Crippen LogP contribution in [-0.4, -0.2) is 50.5 Å². The molecule has 1 aliphatic heterocycles. The molecular formula is C17H9K3NO11S3+. The van der Waals surface area contributed by atoms with E-state index in [-0.39, 0.29) is 171 Å². The molecule has 2 aliphatic rings. The number of benzene rings is 2. The second-order valence-electron chi connectivity index (χ2n) is 6.82. The molecule has 0 amide bonds. The van der Waals surface area contributed by atoms with Gasteiger partial charge in [0.1, 0.15) is 25.1 Å². The number of fused-ring (bicyclic) bond motifs is 2. The Morgan fingerprint density at radius 3 is 1.91 bits per heavy atom. The Balaban J connectivity index is 0.00000204. The van der Waals surface area contributed by atoms with Gasteiger partial charge in [0, 0.05) is 23.1 Å². The largest absolute Gasteiger partial charge is 1.00 e. The summed E-state index contributed by atoms with van der Waals surface area (Å²) in [7, 11) is -15.3. The van der Waals surface area contributed by atoms with E-state index >= 15 is 0 Å². The van der Waals surface area contributed by atoms with Crippen molar-refractivity contribution < 1.29 is 203 Å². The Morgan fingerprint density at radius 1 is 0.800 bits per heavy atom. The summed E-state index contributed by atoms with van der Waals surface area (Å²) in [5.74, 6) is -1.89. The van der Waals surface area contributed by atoms with Crippen molar-refractivity contribution in [2.75, 3.05) is 5.32 Å². The van der Waals surface area contributed by atoms with Crippen LogP contribution in [0.25, 0.3) is 0 Å².